The minimum Gasteiger partial charge on any atom is -0.351 e. The fraction of sp³-hybridized carbons (Fsp3) is 0.500. The topological polar surface area (TPSA) is 81.2 Å². The van der Waals surface area contributed by atoms with E-state index in [0.29, 0.717) is 18.7 Å². The third-order valence-corrected chi connectivity index (χ3v) is 3.44. The molecule has 0 aliphatic carbocycles. The van der Waals surface area contributed by atoms with Crippen molar-refractivity contribution >= 4 is 23.0 Å². The lowest BCUT2D eigenvalue weighted by Gasteiger charge is -2.36. The molecule has 1 fully saturated rings. The number of rotatable bonds is 1. The summed E-state index contributed by atoms with van der Waals surface area (Å²) < 4.78 is 0. The zero-order chi connectivity index (χ0) is 14.1. The Morgan fingerprint density at radius 2 is 1.95 bits per heavy atom. The zero-order valence-electron chi connectivity index (χ0n) is 11.6. The van der Waals surface area contributed by atoms with Gasteiger partial charge in [-0.3, -0.25) is 0 Å². The first kappa shape index (κ1) is 12.6. The Kier molecular flexibility index (Phi) is 3.13. The predicted octanol–water partition coefficient (Wildman–Crippen LogP) is 0.156. The van der Waals surface area contributed by atoms with E-state index < -0.39 is 0 Å². The van der Waals surface area contributed by atoms with Crippen LogP contribution in [0.15, 0.2) is 12.7 Å². The van der Waals surface area contributed by atoms with Crippen molar-refractivity contribution in [2.75, 3.05) is 45.2 Å². The summed E-state index contributed by atoms with van der Waals surface area (Å²) >= 11 is 0. The number of amides is 2. The minimum absolute atomic E-state index is 0.0547. The number of hydrogen-bond donors (Lipinski definition) is 1. The van der Waals surface area contributed by atoms with E-state index >= 15 is 0 Å². The Hall–Kier alpha value is -2.38. The average Bonchev–Trinajstić information content (AvgIpc) is 2.95. The fourth-order valence-corrected chi connectivity index (χ4v) is 2.38. The molecule has 20 heavy (non-hydrogen) atoms. The lowest BCUT2D eigenvalue weighted by Crippen LogP contribution is -2.51. The number of piperazine rings is 1. The van der Waals surface area contributed by atoms with Gasteiger partial charge in [-0.05, 0) is 0 Å². The number of aromatic amines is 1. The highest BCUT2D eigenvalue weighted by molar-refractivity contribution is 5.83. The Morgan fingerprint density at radius 3 is 2.65 bits per heavy atom. The molecule has 2 aromatic heterocycles. The second-order valence-electron chi connectivity index (χ2n) is 4.95. The smallest absolute Gasteiger partial charge is 0.319 e. The summed E-state index contributed by atoms with van der Waals surface area (Å²) in [6.45, 7) is 2.89. The lowest BCUT2D eigenvalue weighted by molar-refractivity contribution is 0.168. The summed E-state index contributed by atoms with van der Waals surface area (Å²) in [5, 5.41) is 0. The number of aromatic nitrogens is 4. The van der Waals surface area contributed by atoms with Gasteiger partial charge < -0.3 is 19.7 Å². The van der Waals surface area contributed by atoms with Gasteiger partial charge in [0.2, 0.25) is 0 Å². The van der Waals surface area contributed by atoms with Crippen LogP contribution in [0, 0.1) is 0 Å². The largest absolute Gasteiger partial charge is 0.351 e. The van der Waals surface area contributed by atoms with E-state index in [9.17, 15) is 4.79 Å². The van der Waals surface area contributed by atoms with E-state index in [1.165, 1.54) is 6.33 Å². The van der Waals surface area contributed by atoms with Gasteiger partial charge in [-0.25, -0.2) is 19.7 Å². The highest BCUT2D eigenvalue weighted by Crippen LogP contribution is 2.20. The molecule has 2 amide bonds. The van der Waals surface area contributed by atoms with Gasteiger partial charge in [-0.15, -0.1) is 0 Å². The van der Waals surface area contributed by atoms with Crippen molar-refractivity contribution in [3.05, 3.63) is 12.7 Å². The standard InChI is InChI=1S/C12H17N7O/c1-17(2)12(20)19-5-3-18(4-6-19)11-9-10(14-7-13-9)15-8-16-11/h7-8H,3-6H2,1-2H3,(H,13,14,15,16). The maximum Gasteiger partial charge on any atom is 0.319 e. The number of H-pyrrole nitrogens is 1. The molecule has 8 nitrogen and oxygen atoms in total. The number of carbonyl (C=O) groups is 1. The molecule has 0 radical (unpaired) electrons. The summed E-state index contributed by atoms with van der Waals surface area (Å²) in [5.74, 6) is 0.851. The van der Waals surface area contributed by atoms with Crippen LogP contribution in [0.2, 0.25) is 0 Å². The first-order chi connectivity index (χ1) is 9.66. The number of carbonyl (C=O) groups excluding carboxylic acids is 1. The molecule has 106 valence electrons. The zero-order valence-corrected chi connectivity index (χ0v) is 11.6. The number of anilines is 1. The Morgan fingerprint density at radius 1 is 1.20 bits per heavy atom. The summed E-state index contributed by atoms with van der Waals surface area (Å²) in [7, 11) is 3.54. The van der Waals surface area contributed by atoms with E-state index in [1.54, 1.807) is 25.3 Å². The third kappa shape index (κ3) is 2.13. The first-order valence-corrected chi connectivity index (χ1v) is 6.52. The van der Waals surface area contributed by atoms with Crippen molar-refractivity contribution < 1.29 is 4.79 Å². The van der Waals surface area contributed by atoms with Gasteiger partial charge in [0.1, 0.15) is 11.8 Å². The quantitative estimate of drug-likeness (QED) is 0.801. The SMILES string of the molecule is CN(C)C(=O)N1CCN(c2ncnc3nc[nH]c23)CC1. The predicted molar refractivity (Wildman–Crippen MR) is 74.6 cm³/mol. The molecule has 0 aromatic carbocycles. The van der Waals surface area contributed by atoms with Crippen molar-refractivity contribution in [3.8, 4) is 0 Å². The molecular formula is C12H17N7O. The molecule has 1 aliphatic rings. The molecule has 0 bridgehead atoms. The molecule has 1 aliphatic heterocycles. The second-order valence-corrected chi connectivity index (χ2v) is 4.95. The maximum absolute atomic E-state index is 11.9. The Balaban J connectivity index is 1.75. The van der Waals surface area contributed by atoms with Crippen LogP contribution in [0.1, 0.15) is 0 Å². The molecule has 0 saturated carbocycles. The number of nitrogens with one attached hydrogen (secondary N) is 1. The van der Waals surface area contributed by atoms with Crippen LogP contribution in [0.5, 0.6) is 0 Å². The number of urea groups is 1. The van der Waals surface area contributed by atoms with Gasteiger partial charge in [0.05, 0.1) is 6.33 Å². The summed E-state index contributed by atoms with van der Waals surface area (Å²) in [6, 6.07) is 0.0547. The van der Waals surface area contributed by atoms with Crippen molar-refractivity contribution in [1.82, 2.24) is 29.7 Å². The van der Waals surface area contributed by atoms with E-state index in [1.807, 2.05) is 4.90 Å². The van der Waals surface area contributed by atoms with Crippen LogP contribution in [0.25, 0.3) is 11.2 Å². The Labute approximate surface area is 116 Å². The molecule has 0 atom stereocenters. The average molecular weight is 275 g/mol. The van der Waals surface area contributed by atoms with Crippen LogP contribution in [0.3, 0.4) is 0 Å². The number of imidazole rings is 1. The molecule has 0 spiro atoms. The van der Waals surface area contributed by atoms with Crippen LogP contribution >= 0.6 is 0 Å². The normalized spacial score (nSPS) is 15.7. The van der Waals surface area contributed by atoms with Gasteiger partial charge in [-0.2, -0.15) is 0 Å². The third-order valence-electron chi connectivity index (χ3n) is 3.44. The van der Waals surface area contributed by atoms with Crippen molar-refractivity contribution in [1.29, 1.82) is 0 Å². The molecule has 8 heteroatoms. The van der Waals surface area contributed by atoms with Crippen LogP contribution < -0.4 is 4.90 Å². The van der Waals surface area contributed by atoms with Gasteiger partial charge in [0, 0.05) is 40.3 Å². The summed E-state index contributed by atoms with van der Waals surface area (Å²) in [4.78, 5) is 33.2. The molecule has 3 rings (SSSR count). The van der Waals surface area contributed by atoms with Crippen LogP contribution in [-0.4, -0.2) is 76.0 Å². The monoisotopic (exact) mass is 275 g/mol. The van der Waals surface area contributed by atoms with Gasteiger partial charge in [0.15, 0.2) is 11.5 Å². The van der Waals surface area contributed by atoms with Crippen molar-refractivity contribution in [3.63, 3.8) is 0 Å². The van der Waals surface area contributed by atoms with E-state index in [0.717, 1.165) is 24.4 Å². The van der Waals surface area contributed by atoms with Crippen LogP contribution in [0.4, 0.5) is 10.6 Å². The lowest BCUT2D eigenvalue weighted by atomic mass is 10.3. The fourth-order valence-electron chi connectivity index (χ4n) is 2.38. The van der Waals surface area contributed by atoms with Gasteiger partial charge >= 0.3 is 6.03 Å². The van der Waals surface area contributed by atoms with Gasteiger partial charge in [-0.1, -0.05) is 0 Å². The van der Waals surface area contributed by atoms with E-state index in [2.05, 4.69) is 24.8 Å². The Bertz CT molecular complexity index is 615. The second kappa shape index (κ2) is 4.95. The first-order valence-electron chi connectivity index (χ1n) is 6.52. The number of hydrogen-bond acceptors (Lipinski definition) is 5. The molecule has 0 unspecified atom stereocenters. The maximum atomic E-state index is 11.9. The van der Waals surface area contributed by atoms with E-state index in [-0.39, 0.29) is 6.03 Å². The molecule has 1 N–H and O–H groups in total. The minimum atomic E-state index is 0.0547. The number of fused-ring (bicyclic) bond motifs is 1. The highest BCUT2D eigenvalue weighted by Gasteiger charge is 2.24. The van der Waals surface area contributed by atoms with Crippen molar-refractivity contribution in [2.45, 2.75) is 0 Å². The van der Waals surface area contributed by atoms with Crippen LogP contribution in [-0.2, 0) is 0 Å². The van der Waals surface area contributed by atoms with Gasteiger partial charge in [0.25, 0.3) is 0 Å². The molecule has 3 heterocycles. The highest BCUT2D eigenvalue weighted by atomic mass is 16.2. The van der Waals surface area contributed by atoms with Crippen molar-refractivity contribution in [2.24, 2.45) is 0 Å². The van der Waals surface area contributed by atoms with E-state index in [4.69, 9.17) is 0 Å². The molecule has 1 saturated heterocycles. The molecule has 2 aromatic rings. The number of nitrogens with zero attached hydrogens (tertiary/aromatic N) is 6. The summed E-state index contributed by atoms with van der Waals surface area (Å²) in [5.41, 5.74) is 1.52. The molecular weight excluding hydrogens is 258 g/mol. The summed E-state index contributed by atoms with van der Waals surface area (Å²) in [6.07, 6.45) is 3.14.